The van der Waals surface area contributed by atoms with Crippen molar-refractivity contribution in [3.05, 3.63) is 29.3 Å². The van der Waals surface area contributed by atoms with Crippen LogP contribution in [-0.2, 0) is 0 Å². The van der Waals surface area contributed by atoms with Gasteiger partial charge in [0.2, 0.25) is 0 Å². The van der Waals surface area contributed by atoms with Crippen molar-refractivity contribution in [2.24, 2.45) is 11.8 Å². The summed E-state index contributed by atoms with van der Waals surface area (Å²) in [7, 11) is 0. The van der Waals surface area contributed by atoms with E-state index in [-0.39, 0.29) is 6.07 Å². The van der Waals surface area contributed by atoms with Crippen molar-refractivity contribution in [3.8, 4) is 0 Å². The third-order valence-electron chi connectivity index (χ3n) is 3.06. The molecule has 0 aromatic heterocycles. The van der Waals surface area contributed by atoms with Gasteiger partial charge in [-0.25, -0.2) is 26.3 Å². The number of anilines is 1. The molecule has 0 spiro atoms. The maximum absolute atomic E-state index is 13.5. The minimum atomic E-state index is -3.19. The van der Waals surface area contributed by atoms with E-state index in [0.717, 1.165) is 0 Å². The van der Waals surface area contributed by atoms with Crippen LogP contribution in [0.15, 0.2) is 6.07 Å². The molecule has 0 radical (unpaired) electrons. The predicted molar refractivity (Wildman–Crippen MR) is 68.0 cm³/mol. The summed E-state index contributed by atoms with van der Waals surface area (Å²) >= 11 is 0. The van der Waals surface area contributed by atoms with Crippen LogP contribution in [0.1, 0.15) is 13.8 Å². The van der Waals surface area contributed by atoms with Crippen LogP contribution in [0.2, 0.25) is 0 Å². The molecule has 22 heavy (non-hydrogen) atoms. The van der Waals surface area contributed by atoms with Crippen LogP contribution in [0.25, 0.3) is 0 Å². The molecule has 0 fully saturated rings. The summed E-state index contributed by atoms with van der Waals surface area (Å²) in [6, 6.07) is -0.0244. The monoisotopic (exact) mass is 328 g/mol. The molecule has 0 amide bonds. The van der Waals surface area contributed by atoms with Crippen LogP contribution in [-0.4, -0.2) is 23.5 Å². The van der Waals surface area contributed by atoms with E-state index in [1.807, 2.05) is 0 Å². The van der Waals surface area contributed by atoms with Crippen molar-refractivity contribution in [2.75, 3.05) is 5.32 Å². The van der Waals surface area contributed by atoms with Crippen molar-refractivity contribution in [1.29, 1.82) is 5.41 Å². The lowest BCUT2D eigenvalue weighted by Gasteiger charge is -2.28. The number of alkyl halides is 2. The SMILES string of the molecule is CC(C)C(C(=N)C(F)F)C(O)Nc1c(F)c(F)cc(F)c1F. The molecule has 3 N–H and O–H groups in total. The van der Waals surface area contributed by atoms with Crippen molar-refractivity contribution < 1.29 is 31.4 Å². The quantitative estimate of drug-likeness (QED) is 0.324. The van der Waals surface area contributed by atoms with Gasteiger partial charge in [0.05, 0.1) is 5.71 Å². The number of hydrogen-bond acceptors (Lipinski definition) is 3. The number of rotatable bonds is 6. The lowest BCUT2D eigenvalue weighted by molar-refractivity contribution is 0.125. The highest BCUT2D eigenvalue weighted by Crippen LogP contribution is 2.28. The van der Waals surface area contributed by atoms with E-state index in [9.17, 15) is 31.4 Å². The molecule has 1 aromatic rings. The first-order chi connectivity index (χ1) is 10.1. The highest BCUT2D eigenvalue weighted by Gasteiger charge is 2.33. The van der Waals surface area contributed by atoms with Crippen LogP contribution >= 0.6 is 0 Å². The van der Waals surface area contributed by atoms with Gasteiger partial charge in [-0.2, -0.15) is 0 Å². The zero-order valence-corrected chi connectivity index (χ0v) is 11.6. The Bertz CT molecular complexity index is 538. The highest BCUT2D eigenvalue weighted by atomic mass is 19.3. The third-order valence-corrected chi connectivity index (χ3v) is 3.06. The zero-order chi connectivity index (χ0) is 17.2. The van der Waals surface area contributed by atoms with Crippen LogP contribution in [0.3, 0.4) is 0 Å². The van der Waals surface area contributed by atoms with Gasteiger partial charge in [0.1, 0.15) is 11.9 Å². The molecule has 0 saturated carbocycles. The molecular formula is C13H14F6N2O. The standard InChI is InChI=1S/C13H14F6N2O/c1-4(2)7(10(20)12(18)19)13(22)21-11-8(16)5(14)3-6(15)9(11)17/h3-4,7,12-13,20-22H,1-2H3. The summed E-state index contributed by atoms with van der Waals surface area (Å²) in [5.74, 6) is -9.23. The van der Waals surface area contributed by atoms with Crippen molar-refractivity contribution in [3.63, 3.8) is 0 Å². The molecule has 1 aromatic carbocycles. The van der Waals surface area contributed by atoms with E-state index < -0.39 is 59.2 Å². The Labute approximate surface area is 122 Å². The first kappa shape index (κ1) is 18.3. The molecule has 2 atom stereocenters. The summed E-state index contributed by atoms with van der Waals surface area (Å²) in [4.78, 5) is 0. The molecule has 1 rings (SSSR count). The number of hydrogen-bond donors (Lipinski definition) is 3. The molecule has 124 valence electrons. The Kier molecular flexibility index (Phi) is 5.81. The summed E-state index contributed by atoms with van der Waals surface area (Å²) < 4.78 is 78.2. The summed E-state index contributed by atoms with van der Waals surface area (Å²) in [5, 5.41) is 18.8. The van der Waals surface area contributed by atoms with Gasteiger partial charge in [-0.3, -0.25) is 0 Å². The van der Waals surface area contributed by atoms with Gasteiger partial charge in [0, 0.05) is 12.0 Å². The van der Waals surface area contributed by atoms with Gasteiger partial charge in [0.15, 0.2) is 23.3 Å². The Balaban J connectivity index is 3.15. The average Bonchev–Trinajstić information content (AvgIpc) is 2.41. The normalized spacial score (nSPS) is 14.3. The fourth-order valence-corrected chi connectivity index (χ4v) is 1.98. The Morgan fingerprint density at radius 2 is 1.55 bits per heavy atom. The van der Waals surface area contributed by atoms with E-state index in [1.165, 1.54) is 13.8 Å². The lowest BCUT2D eigenvalue weighted by atomic mass is 9.89. The van der Waals surface area contributed by atoms with E-state index in [2.05, 4.69) is 0 Å². The van der Waals surface area contributed by atoms with Crippen molar-refractivity contribution in [1.82, 2.24) is 0 Å². The predicted octanol–water partition coefficient (Wildman–Crippen LogP) is 3.53. The second-order valence-corrected chi connectivity index (χ2v) is 4.96. The number of aliphatic hydroxyl groups is 1. The van der Waals surface area contributed by atoms with E-state index in [4.69, 9.17) is 5.41 Å². The molecule has 3 nitrogen and oxygen atoms in total. The Morgan fingerprint density at radius 1 is 1.09 bits per heavy atom. The first-order valence-electron chi connectivity index (χ1n) is 6.22. The summed E-state index contributed by atoms with van der Waals surface area (Å²) in [6.07, 6.45) is -5.23. The van der Waals surface area contributed by atoms with Gasteiger partial charge in [-0.15, -0.1) is 0 Å². The highest BCUT2D eigenvalue weighted by molar-refractivity contribution is 5.87. The molecular weight excluding hydrogens is 314 g/mol. The molecule has 0 saturated heterocycles. The van der Waals surface area contributed by atoms with Crippen LogP contribution in [0.4, 0.5) is 32.0 Å². The summed E-state index contributed by atoms with van der Waals surface area (Å²) in [5.41, 5.74) is -2.48. The number of aliphatic hydroxyl groups excluding tert-OH is 1. The summed E-state index contributed by atoms with van der Waals surface area (Å²) in [6.45, 7) is 2.79. The lowest BCUT2D eigenvalue weighted by Crippen LogP contribution is -2.40. The number of benzene rings is 1. The maximum Gasteiger partial charge on any atom is 0.276 e. The van der Waals surface area contributed by atoms with Gasteiger partial charge >= 0.3 is 0 Å². The van der Waals surface area contributed by atoms with Crippen LogP contribution in [0, 0.1) is 40.5 Å². The first-order valence-corrected chi connectivity index (χ1v) is 6.22. The second-order valence-electron chi connectivity index (χ2n) is 4.96. The molecule has 0 heterocycles. The molecule has 0 bridgehead atoms. The molecule has 0 aliphatic rings. The van der Waals surface area contributed by atoms with Crippen LogP contribution in [0.5, 0.6) is 0 Å². The Morgan fingerprint density at radius 3 is 1.91 bits per heavy atom. The van der Waals surface area contributed by atoms with E-state index in [0.29, 0.717) is 0 Å². The van der Waals surface area contributed by atoms with Gasteiger partial charge in [0.25, 0.3) is 6.43 Å². The van der Waals surface area contributed by atoms with Gasteiger partial charge in [-0.1, -0.05) is 13.8 Å². The van der Waals surface area contributed by atoms with Crippen molar-refractivity contribution >= 4 is 11.4 Å². The molecule has 9 heteroatoms. The largest absolute Gasteiger partial charge is 0.373 e. The van der Waals surface area contributed by atoms with E-state index >= 15 is 0 Å². The van der Waals surface area contributed by atoms with Crippen molar-refractivity contribution in [2.45, 2.75) is 26.5 Å². The van der Waals surface area contributed by atoms with Gasteiger partial charge in [-0.05, 0) is 5.92 Å². The number of nitrogens with one attached hydrogen (secondary N) is 2. The molecule has 0 aliphatic heterocycles. The zero-order valence-electron chi connectivity index (χ0n) is 11.6. The maximum atomic E-state index is 13.5. The molecule has 0 aliphatic carbocycles. The van der Waals surface area contributed by atoms with E-state index in [1.54, 1.807) is 5.32 Å². The fourth-order valence-electron chi connectivity index (χ4n) is 1.98. The smallest absolute Gasteiger partial charge is 0.276 e. The van der Waals surface area contributed by atoms with Gasteiger partial charge < -0.3 is 15.8 Å². The minimum Gasteiger partial charge on any atom is -0.373 e. The topological polar surface area (TPSA) is 56.1 Å². The average molecular weight is 328 g/mol. The van der Waals surface area contributed by atoms with Crippen LogP contribution < -0.4 is 5.32 Å². The third kappa shape index (κ3) is 3.70. The Hall–Kier alpha value is -1.77. The number of halogens is 6. The fraction of sp³-hybridized carbons (Fsp3) is 0.462. The molecule has 2 unspecified atom stereocenters. The second kappa shape index (κ2) is 6.99. The minimum absolute atomic E-state index is 0.0244.